The average Bonchev–Trinajstić information content (AvgIpc) is 2.62. The van der Waals surface area contributed by atoms with Crippen molar-refractivity contribution in [2.75, 3.05) is 0 Å². The number of ether oxygens (including phenoxy) is 1. The number of fused-ring (bicyclic) bond motifs is 1. The highest BCUT2D eigenvalue weighted by Gasteiger charge is 2.25. The maximum absolute atomic E-state index is 12.5. The topological polar surface area (TPSA) is 55.4 Å². The quantitative estimate of drug-likeness (QED) is 0.865. The molecule has 1 N–H and O–H groups in total. The highest BCUT2D eigenvalue weighted by molar-refractivity contribution is 5.92. The van der Waals surface area contributed by atoms with Gasteiger partial charge in [0, 0.05) is 0 Å². The lowest BCUT2D eigenvalue weighted by Gasteiger charge is -2.27. The molecule has 0 aromatic heterocycles. The Labute approximate surface area is 148 Å². The molecule has 1 aliphatic rings. The second-order valence-electron chi connectivity index (χ2n) is 6.57. The Balaban J connectivity index is 1.63. The molecule has 1 amide bonds. The van der Waals surface area contributed by atoms with E-state index in [-0.39, 0.29) is 11.9 Å². The van der Waals surface area contributed by atoms with Crippen LogP contribution in [0.3, 0.4) is 0 Å². The van der Waals surface area contributed by atoms with E-state index in [2.05, 4.69) is 17.4 Å². The number of carbonyl (C=O) groups is 2. The van der Waals surface area contributed by atoms with E-state index in [0.717, 1.165) is 24.8 Å². The first-order chi connectivity index (χ1) is 12.0. The molecule has 2 aromatic rings. The minimum absolute atomic E-state index is 0.0161. The predicted molar refractivity (Wildman–Crippen MR) is 96.3 cm³/mol. The summed E-state index contributed by atoms with van der Waals surface area (Å²) in [6.07, 6.45) is 2.16. The van der Waals surface area contributed by atoms with Gasteiger partial charge in [-0.05, 0) is 56.4 Å². The molecule has 2 aromatic carbocycles. The largest absolute Gasteiger partial charge is 0.449 e. The Hall–Kier alpha value is -2.62. The third-order valence-electron chi connectivity index (χ3n) is 4.59. The van der Waals surface area contributed by atoms with Crippen molar-refractivity contribution >= 4 is 11.9 Å². The van der Waals surface area contributed by atoms with E-state index in [9.17, 15) is 9.59 Å². The highest BCUT2D eigenvalue weighted by atomic mass is 16.5. The molecule has 130 valence electrons. The summed E-state index contributed by atoms with van der Waals surface area (Å²) in [7, 11) is 0. The van der Waals surface area contributed by atoms with Crippen LogP contribution >= 0.6 is 0 Å². The Kier molecular flexibility index (Phi) is 5.17. The van der Waals surface area contributed by atoms with Crippen LogP contribution in [-0.2, 0) is 16.0 Å². The van der Waals surface area contributed by atoms with Crippen LogP contribution in [0.2, 0.25) is 0 Å². The van der Waals surface area contributed by atoms with E-state index in [1.807, 2.05) is 25.1 Å². The van der Waals surface area contributed by atoms with Crippen LogP contribution in [0.25, 0.3) is 0 Å². The molecule has 0 spiro atoms. The maximum atomic E-state index is 12.5. The second kappa shape index (κ2) is 7.51. The van der Waals surface area contributed by atoms with Gasteiger partial charge < -0.3 is 10.1 Å². The van der Waals surface area contributed by atoms with Gasteiger partial charge in [-0.3, -0.25) is 4.79 Å². The number of nitrogens with one attached hydrogen (secondary N) is 1. The van der Waals surface area contributed by atoms with Crippen molar-refractivity contribution in [1.29, 1.82) is 0 Å². The summed E-state index contributed by atoms with van der Waals surface area (Å²) in [6, 6.07) is 15.3. The van der Waals surface area contributed by atoms with Gasteiger partial charge in [-0.25, -0.2) is 4.79 Å². The number of rotatable bonds is 4. The minimum Gasteiger partial charge on any atom is -0.449 e. The molecule has 0 saturated heterocycles. The molecule has 0 aliphatic heterocycles. The lowest BCUT2D eigenvalue weighted by Crippen LogP contribution is -2.39. The number of esters is 1. The summed E-state index contributed by atoms with van der Waals surface area (Å²) in [5.41, 5.74) is 3.88. The molecular formula is C21H23NO3. The van der Waals surface area contributed by atoms with Crippen LogP contribution in [0, 0.1) is 6.92 Å². The van der Waals surface area contributed by atoms with Crippen molar-refractivity contribution < 1.29 is 14.3 Å². The molecule has 0 heterocycles. The third-order valence-corrected chi connectivity index (χ3v) is 4.59. The summed E-state index contributed by atoms with van der Waals surface area (Å²) < 4.78 is 5.33. The molecule has 1 aliphatic carbocycles. The van der Waals surface area contributed by atoms with E-state index in [0.29, 0.717) is 5.56 Å². The van der Waals surface area contributed by atoms with E-state index < -0.39 is 12.1 Å². The van der Waals surface area contributed by atoms with Gasteiger partial charge in [-0.15, -0.1) is 0 Å². The average molecular weight is 337 g/mol. The van der Waals surface area contributed by atoms with Crippen molar-refractivity contribution in [2.24, 2.45) is 0 Å². The Morgan fingerprint density at radius 2 is 1.96 bits per heavy atom. The SMILES string of the molecule is Cc1cccc(C(=O)O[C@@H](C)C(=O)N[C@H]2CCCc3ccccc32)c1. The van der Waals surface area contributed by atoms with Crippen LogP contribution in [-0.4, -0.2) is 18.0 Å². The van der Waals surface area contributed by atoms with Crippen LogP contribution in [0.1, 0.15) is 52.9 Å². The molecule has 0 saturated carbocycles. The van der Waals surface area contributed by atoms with Gasteiger partial charge in [0.1, 0.15) is 0 Å². The molecule has 0 bridgehead atoms. The highest BCUT2D eigenvalue weighted by Crippen LogP contribution is 2.29. The fourth-order valence-electron chi connectivity index (χ4n) is 3.25. The Morgan fingerprint density at radius 1 is 1.16 bits per heavy atom. The second-order valence-corrected chi connectivity index (χ2v) is 6.57. The van der Waals surface area contributed by atoms with Crippen molar-refractivity contribution in [3.8, 4) is 0 Å². The zero-order valence-electron chi connectivity index (χ0n) is 14.6. The number of hydrogen-bond donors (Lipinski definition) is 1. The third kappa shape index (κ3) is 4.08. The smallest absolute Gasteiger partial charge is 0.338 e. The van der Waals surface area contributed by atoms with Gasteiger partial charge >= 0.3 is 5.97 Å². The molecule has 0 unspecified atom stereocenters. The molecule has 0 radical (unpaired) electrons. The normalized spacial score (nSPS) is 17.3. The summed E-state index contributed by atoms with van der Waals surface area (Å²) in [5.74, 6) is -0.738. The molecule has 25 heavy (non-hydrogen) atoms. The van der Waals surface area contributed by atoms with Gasteiger partial charge in [0.15, 0.2) is 6.10 Å². The van der Waals surface area contributed by atoms with E-state index in [1.165, 1.54) is 11.1 Å². The molecular weight excluding hydrogens is 314 g/mol. The standard InChI is InChI=1S/C21H23NO3/c1-14-7-5-10-17(13-14)21(24)25-15(2)20(23)22-19-12-6-9-16-8-3-4-11-18(16)19/h3-5,7-8,10-11,13,15,19H,6,9,12H2,1-2H3,(H,22,23)/t15-,19-/m0/s1. The van der Waals surface area contributed by atoms with Gasteiger partial charge in [0.2, 0.25) is 0 Å². The molecule has 4 nitrogen and oxygen atoms in total. The molecule has 3 rings (SSSR count). The van der Waals surface area contributed by atoms with Crippen molar-refractivity contribution in [1.82, 2.24) is 5.32 Å². The maximum Gasteiger partial charge on any atom is 0.338 e. The van der Waals surface area contributed by atoms with Gasteiger partial charge in [0.05, 0.1) is 11.6 Å². The fraction of sp³-hybridized carbons (Fsp3) is 0.333. The summed E-state index contributed by atoms with van der Waals surface area (Å²) >= 11 is 0. The van der Waals surface area contributed by atoms with Crippen LogP contribution in [0.5, 0.6) is 0 Å². The molecule has 4 heteroatoms. The van der Waals surface area contributed by atoms with Crippen LogP contribution in [0.4, 0.5) is 0 Å². The van der Waals surface area contributed by atoms with Crippen molar-refractivity contribution in [3.05, 3.63) is 70.8 Å². The number of hydrogen-bond acceptors (Lipinski definition) is 3. The summed E-state index contributed by atoms with van der Waals surface area (Å²) in [5, 5.41) is 3.03. The Morgan fingerprint density at radius 3 is 2.76 bits per heavy atom. The number of carbonyl (C=O) groups excluding carboxylic acids is 2. The minimum atomic E-state index is -0.831. The zero-order chi connectivity index (χ0) is 17.8. The number of amides is 1. The first-order valence-corrected chi connectivity index (χ1v) is 8.70. The monoisotopic (exact) mass is 337 g/mol. The van der Waals surface area contributed by atoms with E-state index in [4.69, 9.17) is 4.74 Å². The Bertz CT molecular complexity index is 784. The summed E-state index contributed by atoms with van der Waals surface area (Å²) in [4.78, 5) is 24.7. The van der Waals surface area contributed by atoms with Gasteiger partial charge in [-0.2, -0.15) is 0 Å². The van der Waals surface area contributed by atoms with Gasteiger partial charge in [0.25, 0.3) is 5.91 Å². The van der Waals surface area contributed by atoms with E-state index >= 15 is 0 Å². The number of benzene rings is 2. The predicted octanol–water partition coefficient (Wildman–Crippen LogP) is 3.73. The van der Waals surface area contributed by atoms with Crippen molar-refractivity contribution in [3.63, 3.8) is 0 Å². The lowest BCUT2D eigenvalue weighted by molar-refractivity contribution is -0.130. The molecule has 0 fully saturated rings. The van der Waals surface area contributed by atoms with Gasteiger partial charge in [-0.1, -0.05) is 42.0 Å². The zero-order valence-corrected chi connectivity index (χ0v) is 14.6. The number of aryl methyl sites for hydroxylation is 2. The van der Waals surface area contributed by atoms with Crippen molar-refractivity contribution in [2.45, 2.75) is 45.3 Å². The first-order valence-electron chi connectivity index (χ1n) is 8.70. The first kappa shape index (κ1) is 17.2. The fourth-order valence-corrected chi connectivity index (χ4v) is 3.25. The van der Waals surface area contributed by atoms with Crippen LogP contribution < -0.4 is 5.32 Å². The summed E-state index contributed by atoms with van der Waals surface area (Å²) in [6.45, 7) is 3.52. The van der Waals surface area contributed by atoms with Crippen LogP contribution in [0.15, 0.2) is 48.5 Å². The molecule has 2 atom stereocenters. The van der Waals surface area contributed by atoms with E-state index in [1.54, 1.807) is 25.1 Å². The lowest BCUT2D eigenvalue weighted by atomic mass is 9.87.